The van der Waals surface area contributed by atoms with Gasteiger partial charge in [-0.15, -0.1) is 0 Å². The highest BCUT2D eigenvalue weighted by Crippen LogP contribution is 2.33. The predicted octanol–water partition coefficient (Wildman–Crippen LogP) is 6.82. The minimum atomic E-state index is -1.07. The van der Waals surface area contributed by atoms with Crippen molar-refractivity contribution in [2.75, 3.05) is 0 Å². The van der Waals surface area contributed by atoms with Gasteiger partial charge in [-0.1, -0.05) is 34.8 Å². The molecule has 0 saturated carbocycles. The molecular weight excluding hydrogens is 409 g/mol. The summed E-state index contributed by atoms with van der Waals surface area (Å²) in [5, 5.41) is 11.4. The summed E-state index contributed by atoms with van der Waals surface area (Å²) in [4.78, 5) is 16.2. The lowest BCUT2D eigenvalue weighted by molar-refractivity contribution is 0.0699. The maximum atomic E-state index is 11.7. The molecule has 4 nitrogen and oxygen atoms in total. The van der Waals surface area contributed by atoms with E-state index in [9.17, 15) is 9.90 Å². The Morgan fingerprint density at radius 2 is 1.56 bits per heavy atom. The predicted molar refractivity (Wildman–Crippen MR) is 107 cm³/mol. The highest BCUT2D eigenvalue weighted by molar-refractivity contribution is 6.35. The number of aromatic nitrogens is 1. The molecule has 0 fully saturated rings. The number of carboxylic acids is 1. The Balaban J connectivity index is 1.84. The smallest absolute Gasteiger partial charge is 0.336 e. The van der Waals surface area contributed by atoms with Crippen molar-refractivity contribution in [2.24, 2.45) is 0 Å². The van der Waals surface area contributed by atoms with E-state index in [0.29, 0.717) is 48.7 Å². The molecule has 0 amide bonds. The molecule has 1 N–H and O–H groups in total. The summed E-state index contributed by atoms with van der Waals surface area (Å²) in [6.07, 6.45) is 0. The molecule has 134 valence electrons. The second-order valence-corrected chi connectivity index (χ2v) is 7.15. The molecule has 0 spiro atoms. The molecule has 4 rings (SSSR count). The van der Waals surface area contributed by atoms with Gasteiger partial charge in [0.25, 0.3) is 0 Å². The number of furan rings is 1. The van der Waals surface area contributed by atoms with Crippen LogP contribution >= 0.6 is 34.8 Å². The topological polar surface area (TPSA) is 63.3 Å². The van der Waals surface area contributed by atoms with Crippen LogP contribution in [0.15, 0.2) is 59.0 Å². The Morgan fingerprint density at radius 3 is 2.26 bits per heavy atom. The lowest BCUT2D eigenvalue weighted by Gasteiger charge is -2.06. The molecular formula is C20H10Cl3NO3. The number of benzene rings is 2. The molecule has 0 atom stereocenters. The molecule has 2 heterocycles. The van der Waals surface area contributed by atoms with Gasteiger partial charge in [-0.2, -0.15) is 0 Å². The third-order valence-corrected chi connectivity index (χ3v) is 4.68. The minimum absolute atomic E-state index is 0.0984. The Morgan fingerprint density at radius 1 is 0.852 bits per heavy atom. The first-order valence-corrected chi connectivity index (χ1v) is 8.94. The van der Waals surface area contributed by atoms with E-state index < -0.39 is 5.97 Å². The first-order valence-electron chi connectivity index (χ1n) is 7.81. The molecule has 7 heteroatoms. The summed E-state index contributed by atoms with van der Waals surface area (Å²) >= 11 is 18.1. The van der Waals surface area contributed by atoms with Gasteiger partial charge in [-0.25, -0.2) is 9.78 Å². The van der Waals surface area contributed by atoms with Crippen LogP contribution in [0.2, 0.25) is 15.1 Å². The lowest BCUT2D eigenvalue weighted by Crippen LogP contribution is -2.00. The maximum Gasteiger partial charge on any atom is 0.336 e. The van der Waals surface area contributed by atoms with Crippen LogP contribution in [0.1, 0.15) is 10.4 Å². The molecule has 0 aliphatic rings. The van der Waals surface area contributed by atoms with Crippen LogP contribution in [0.4, 0.5) is 0 Å². The first-order chi connectivity index (χ1) is 12.9. The molecule has 0 aliphatic heterocycles. The third-order valence-electron chi connectivity index (χ3n) is 4.01. The fraction of sp³-hybridized carbons (Fsp3) is 0. The van der Waals surface area contributed by atoms with E-state index in [-0.39, 0.29) is 5.56 Å². The molecule has 0 radical (unpaired) electrons. The Bertz CT molecular complexity index is 1180. The van der Waals surface area contributed by atoms with Crippen molar-refractivity contribution in [1.82, 2.24) is 4.98 Å². The fourth-order valence-electron chi connectivity index (χ4n) is 2.83. The van der Waals surface area contributed by atoms with Gasteiger partial charge in [0, 0.05) is 26.0 Å². The molecule has 2 aromatic carbocycles. The summed E-state index contributed by atoms with van der Waals surface area (Å²) in [5.74, 6) is -0.0935. The zero-order chi connectivity index (χ0) is 19.1. The number of hydrogen-bond donors (Lipinski definition) is 1. The van der Waals surface area contributed by atoms with Crippen LogP contribution < -0.4 is 0 Å². The van der Waals surface area contributed by atoms with Crippen LogP contribution in [0.5, 0.6) is 0 Å². The van der Waals surface area contributed by atoms with Gasteiger partial charge in [0.15, 0.2) is 5.76 Å². The third kappa shape index (κ3) is 3.52. The summed E-state index contributed by atoms with van der Waals surface area (Å²) < 4.78 is 5.87. The van der Waals surface area contributed by atoms with E-state index in [1.165, 1.54) is 6.07 Å². The highest BCUT2D eigenvalue weighted by atomic mass is 35.5. The van der Waals surface area contributed by atoms with Crippen molar-refractivity contribution >= 4 is 51.7 Å². The van der Waals surface area contributed by atoms with E-state index in [0.717, 1.165) is 0 Å². The summed E-state index contributed by atoms with van der Waals surface area (Å²) in [5.41, 5.74) is 1.73. The number of nitrogens with zero attached hydrogens (tertiary/aromatic N) is 1. The largest absolute Gasteiger partial charge is 0.478 e. The number of aromatic carboxylic acids is 1. The number of rotatable bonds is 3. The average molecular weight is 419 g/mol. The summed E-state index contributed by atoms with van der Waals surface area (Å²) in [7, 11) is 0. The quantitative estimate of drug-likeness (QED) is 0.396. The SMILES string of the molecule is O=C(O)c1cc(-c2ccc(-c3cc(Cl)cc(Cl)c3)o2)nc2ccc(Cl)cc12. The zero-order valence-electron chi connectivity index (χ0n) is 13.5. The van der Waals surface area contributed by atoms with E-state index >= 15 is 0 Å². The molecule has 27 heavy (non-hydrogen) atoms. The van der Waals surface area contributed by atoms with E-state index in [1.54, 1.807) is 48.5 Å². The fourth-order valence-corrected chi connectivity index (χ4v) is 3.53. The maximum absolute atomic E-state index is 11.7. The van der Waals surface area contributed by atoms with E-state index in [2.05, 4.69) is 4.98 Å². The molecule has 4 aromatic rings. The number of hydrogen-bond acceptors (Lipinski definition) is 3. The number of carboxylic acid groups (broad SMARTS) is 1. The monoisotopic (exact) mass is 417 g/mol. The number of pyridine rings is 1. The van der Waals surface area contributed by atoms with Crippen LogP contribution in [0, 0.1) is 0 Å². The van der Waals surface area contributed by atoms with Crippen molar-refractivity contribution in [3.63, 3.8) is 0 Å². The van der Waals surface area contributed by atoms with Gasteiger partial charge >= 0.3 is 5.97 Å². The second-order valence-electron chi connectivity index (χ2n) is 5.84. The Kier molecular flexibility index (Phi) is 4.56. The van der Waals surface area contributed by atoms with Gasteiger partial charge < -0.3 is 9.52 Å². The van der Waals surface area contributed by atoms with Gasteiger partial charge in [-0.3, -0.25) is 0 Å². The Hall–Kier alpha value is -2.53. The zero-order valence-corrected chi connectivity index (χ0v) is 15.8. The van der Waals surface area contributed by atoms with Crippen molar-refractivity contribution in [3.05, 3.63) is 75.2 Å². The van der Waals surface area contributed by atoms with Gasteiger partial charge in [-0.05, 0) is 54.6 Å². The highest BCUT2D eigenvalue weighted by Gasteiger charge is 2.16. The van der Waals surface area contributed by atoms with Crippen molar-refractivity contribution < 1.29 is 14.3 Å². The minimum Gasteiger partial charge on any atom is -0.478 e. The summed E-state index contributed by atoms with van der Waals surface area (Å²) in [6, 6.07) is 15.0. The first kappa shape index (κ1) is 17.9. The van der Waals surface area contributed by atoms with Crippen molar-refractivity contribution in [2.45, 2.75) is 0 Å². The van der Waals surface area contributed by atoms with Gasteiger partial charge in [0.05, 0.1) is 11.1 Å². The second kappa shape index (κ2) is 6.89. The molecule has 0 unspecified atom stereocenters. The molecule has 0 aliphatic carbocycles. The molecule has 0 bridgehead atoms. The van der Waals surface area contributed by atoms with Gasteiger partial charge in [0.2, 0.25) is 0 Å². The average Bonchev–Trinajstić information content (AvgIpc) is 3.10. The van der Waals surface area contributed by atoms with Crippen LogP contribution in [0.3, 0.4) is 0 Å². The normalized spacial score (nSPS) is 11.1. The standard InChI is InChI=1S/C20H10Cl3NO3/c21-11-1-2-16-14(8-11)15(20(25)26)9-17(24-16)19-4-3-18(27-19)10-5-12(22)7-13(23)6-10/h1-9H,(H,25,26). The van der Waals surface area contributed by atoms with Crippen molar-refractivity contribution in [3.8, 4) is 22.8 Å². The lowest BCUT2D eigenvalue weighted by atomic mass is 10.1. The summed E-state index contributed by atoms with van der Waals surface area (Å²) in [6.45, 7) is 0. The number of carbonyl (C=O) groups is 1. The van der Waals surface area contributed by atoms with E-state index in [1.807, 2.05) is 0 Å². The van der Waals surface area contributed by atoms with Crippen LogP contribution in [-0.4, -0.2) is 16.1 Å². The van der Waals surface area contributed by atoms with E-state index in [4.69, 9.17) is 39.2 Å². The molecule has 0 saturated heterocycles. The Labute approximate surface area is 168 Å². The van der Waals surface area contributed by atoms with Crippen LogP contribution in [-0.2, 0) is 0 Å². The van der Waals surface area contributed by atoms with Crippen LogP contribution in [0.25, 0.3) is 33.7 Å². The van der Waals surface area contributed by atoms with Crippen molar-refractivity contribution in [1.29, 1.82) is 0 Å². The number of fused-ring (bicyclic) bond motifs is 1. The van der Waals surface area contributed by atoms with Gasteiger partial charge in [0.1, 0.15) is 11.5 Å². The number of halogens is 3. The molecule has 2 aromatic heterocycles.